The zero-order valence-electron chi connectivity index (χ0n) is 21.4. The average molecular weight is 551 g/mol. The van der Waals surface area contributed by atoms with Crippen molar-refractivity contribution in [2.45, 2.75) is 37.6 Å². The Morgan fingerprint density at radius 3 is 2.53 bits per heavy atom. The molecule has 1 aliphatic heterocycles. The summed E-state index contributed by atoms with van der Waals surface area (Å²) < 4.78 is 34.0. The van der Waals surface area contributed by atoms with Gasteiger partial charge in [0.25, 0.3) is 0 Å². The summed E-state index contributed by atoms with van der Waals surface area (Å²) in [5.41, 5.74) is 2.99. The van der Waals surface area contributed by atoms with E-state index in [1.165, 1.54) is 15.6 Å². The van der Waals surface area contributed by atoms with E-state index >= 15 is 0 Å². The molecule has 0 bridgehead atoms. The van der Waals surface area contributed by atoms with E-state index in [4.69, 9.17) is 9.72 Å². The third kappa shape index (κ3) is 5.29. The first-order valence-corrected chi connectivity index (χ1v) is 14.9. The molecule has 0 atom stereocenters. The van der Waals surface area contributed by atoms with Gasteiger partial charge in [0, 0.05) is 31.4 Å². The molecule has 1 amide bonds. The smallest absolute Gasteiger partial charge is 0.243 e. The second-order valence-electron chi connectivity index (χ2n) is 9.25. The van der Waals surface area contributed by atoms with Crippen LogP contribution in [-0.2, 0) is 27.8 Å². The highest BCUT2D eigenvalue weighted by molar-refractivity contribution is 7.89. The minimum atomic E-state index is -3.65. The van der Waals surface area contributed by atoms with Crippen LogP contribution in [0.25, 0.3) is 10.2 Å². The topological polar surface area (TPSA) is 92.7 Å². The first-order chi connectivity index (χ1) is 18.4. The maximum absolute atomic E-state index is 13.9. The second kappa shape index (κ2) is 11.2. The van der Waals surface area contributed by atoms with Crippen molar-refractivity contribution < 1.29 is 17.9 Å². The van der Waals surface area contributed by atoms with Gasteiger partial charge in [-0.05, 0) is 66.8 Å². The number of rotatable bonds is 8. The van der Waals surface area contributed by atoms with Crippen molar-refractivity contribution in [3.63, 3.8) is 0 Å². The number of fused-ring (bicyclic) bond motifs is 1. The monoisotopic (exact) mass is 550 g/mol. The lowest BCUT2D eigenvalue weighted by molar-refractivity contribution is -0.123. The van der Waals surface area contributed by atoms with Gasteiger partial charge in [-0.25, -0.2) is 13.4 Å². The molecule has 0 aliphatic carbocycles. The summed E-state index contributed by atoms with van der Waals surface area (Å²) in [7, 11) is -2.11. The Hall–Kier alpha value is -3.34. The summed E-state index contributed by atoms with van der Waals surface area (Å²) in [6.45, 7) is 3.02. The number of pyridine rings is 1. The molecule has 0 N–H and O–H groups in total. The number of carbonyl (C=O) groups excluding carboxylic acids is 1. The molecular weight excluding hydrogens is 520 g/mol. The number of thiazole rings is 1. The van der Waals surface area contributed by atoms with Crippen LogP contribution >= 0.6 is 11.3 Å². The molecule has 38 heavy (non-hydrogen) atoms. The first-order valence-electron chi connectivity index (χ1n) is 12.6. The number of methoxy groups -OCH3 is 1. The lowest BCUT2D eigenvalue weighted by Gasteiger charge is -2.33. The number of amides is 1. The Morgan fingerprint density at radius 1 is 1.11 bits per heavy atom. The molecule has 2 aromatic carbocycles. The van der Waals surface area contributed by atoms with Gasteiger partial charge >= 0.3 is 0 Å². The Labute approximate surface area is 227 Å². The largest absolute Gasteiger partial charge is 0.497 e. The van der Waals surface area contributed by atoms with E-state index in [-0.39, 0.29) is 29.8 Å². The normalized spacial score (nSPS) is 15.0. The number of anilines is 1. The summed E-state index contributed by atoms with van der Waals surface area (Å²) >= 11 is 1.51. The number of aromatic nitrogens is 2. The van der Waals surface area contributed by atoms with Crippen LogP contribution in [-0.4, -0.2) is 48.8 Å². The number of hydrogen-bond acceptors (Lipinski definition) is 7. The zero-order chi connectivity index (χ0) is 26.7. The van der Waals surface area contributed by atoms with E-state index < -0.39 is 10.0 Å². The fourth-order valence-corrected chi connectivity index (χ4v) is 7.26. The third-order valence-corrected chi connectivity index (χ3v) is 9.89. The minimum absolute atomic E-state index is 0.0348. The molecule has 0 unspecified atom stereocenters. The zero-order valence-corrected chi connectivity index (χ0v) is 23.0. The number of sulfonamides is 1. The fraction of sp³-hybridized carbons (Fsp3) is 0.321. The van der Waals surface area contributed by atoms with Crippen molar-refractivity contribution in [3.8, 4) is 5.75 Å². The van der Waals surface area contributed by atoms with Gasteiger partial charge in [-0.15, -0.1) is 0 Å². The van der Waals surface area contributed by atoms with E-state index in [1.807, 2.05) is 24.3 Å². The lowest BCUT2D eigenvalue weighted by atomic mass is 9.96. The highest BCUT2D eigenvalue weighted by Gasteiger charge is 2.35. The van der Waals surface area contributed by atoms with Crippen LogP contribution in [0, 0.1) is 5.92 Å². The van der Waals surface area contributed by atoms with Gasteiger partial charge in [0.2, 0.25) is 15.9 Å². The Kier molecular flexibility index (Phi) is 7.73. The highest BCUT2D eigenvalue weighted by Crippen LogP contribution is 2.34. The van der Waals surface area contributed by atoms with Crippen molar-refractivity contribution in [2.24, 2.45) is 5.92 Å². The fourth-order valence-electron chi connectivity index (χ4n) is 4.77. The van der Waals surface area contributed by atoms with Crippen LogP contribution in [0.5, 0.6) is 5.75 Å². The Bertz CT molecular complexity index is 1510. The quantitative estimate of drug-likeness (QED) is 0.310. The third-order valence-electron chi connectivity index (χ3n) is 6.93. The Morgan fingerprint density at radius 2 is 1.87 bits per heavy atom. The van der Waals surface area contributed by atoms with Crippen molar-refractivity contribution in [3.05, 3.63) is 78.1 Å². The molecule has 0 radical (unpaired) electrons. The highest BCUT2D eigenvalue weighted by atomic mass is 32.2. The molecule has 8 nitrogen and oxygen atoms in total. The molecule has 1 aliphatic rings. The molecule has 1 saturated heterocycles. The van der Waals surface area contributed by atoms with Crippen LogP contribution in [0.4, 0.5) is 5.13 Å². The van der Waals surface area contributed by atoms with Crippen molar-refractivity contribution in [1.82, 2.24) is 14.3 Å². The summed E-state index contributed by atoms with van der Waals surface area (Å²) in [6.07, 6.45) is 5.22. The lowest BCUT2D eigenvalue weighted by Crippen LogP contribution is -2.44. The van der Waals surface area contributed by atoms with Crippen LogP contribution < -0.4 is 9.64 Å². The van der Waals surface area contributed by atoms with E-state index in [2.05, 4.69) is 18.0 Å². The molecule has 2 aromatic heterocycles. The second-order valence-corrected chi connectivity index (χ2v) is 12.2. The number of benzene rings is 2. The van der Waals surface area contributed by atoms with E-state index in [0.717, 1.165) is 27.8 Å². The van der Waals surface area contributed by atoms with Crippen LogP contribution in [0.1, 0.15) is 30.9 Å². The molecule has 0 saturated carbocycles. The number of hydrogen-bond donors (Lipinski definition) is 0. The van der Waals surface area contributed by atoms with Gasteiger partial charge in [0.1, 0.15) is 5.75 Å². The standard InChI is InChI=1S/C28H30N4O4S2/c1-3-21-7-4-8-25-26(21)30-28(37-25)32(19-20-6-5-15-29-18-20)27(33)22-13-16-31(17-14-22)38(34,35)24-11-9-23(36-2)10-12-24/h4-12,15,18,22H,3,13-14,16-17,19H2,1-2H3. The number of para-hydroxylation sites is 1. The van der Waals surface area contributed by atoms with Gasteiger partial charge in [-0.1, -0.05) is 36.5 Å². The summed E-state index contributed by atoms with van der Waals surface area (Å²) in [5.74, 6) is 0.266. The number of nitrogens with zero attached hydrogens (tertiary/aromatic N) is 4. The number of piperidine rings is 1. The van der Waals surface area contributed by atoms with Gasteiger partial charge in [0.05, 0.1) is 28.8 Å². The predicted molar refractivity (Wildman–Crippen MR) is 149 cm³/mol. The van der Waals surface area contributed by atoms with Gasteiger partial charge in [-0.3, -0.25) is 14.7 Å². The van der Waals surface area contributed by atoms with Crippen molar-refractivity contribution in [2.75, 3.05) is 25.1 Å². The molecule has 3 heterocycles. The summed E-state index contributed by atoms with van der Waals surface area (Å²) in [5, 5.41) is 0.656. The number of ether oxygens (including phenoxy) is 1. The van der Waals surface area contributed by atoms with Crippen LogP contribution in [0.3, 0.4) is 0 Å². The molecule has 5 rings (SSSR count). The van der Waals surface area contributed by atoms with Crippen LogP contribution in [0.2, 0.25) is 0 Å². The molecule has 4 aromatic rings. The molecule has 0 spiro atoms. The van der Waals surface area contributed by atoms with Gasteiger partial charge in [0.15, 0.2) is 5.13 Å². The molecule has 198 valence electrons. The van der Waals surface area contributed by atoms with E-state index in [9.17, 15) is 13.2 Å². The minimum Gasteiger partial charge on any atom is -0.497 e. The van der Waals surface area contributed by atoms with Crippen LogP contribution in [0.15, 0.2) is 71.9 Å². The summed E-state index contributed by atoms with van der Waals surface area (Å²) in [4.78, 5) is 25.0. The summed E-state index contributed by atoms with van der Waals surface area (Å²) in [6, 6.07) is 16.3. The SMILES string of the molecule is CCc1cccc2sc(N(Cc3cccnc3)C(=O)C3CCN(S(=O)(=O)c4ccc(OC)cc4)CC3)nc12. The maximum Gasteiger partial charge on any atom is 0.243 e. The molecule has 1 fully saturated rings. The Balaban J connectivity index is 1.37. The van der Waals surface area contributed by atoms with E-state index in [1.54, 1.807) is 48.7 Å². The van der Waals surface area contributed by atoms with Crippen molar-refractivity contribution >= 4 is 42.6 Å². The van der Waals surface area contributed by atoms with Crippen molar-refractivity contribution in [1.29, 1.82) is 0 Å². The number of carbonyl (C=O) groups is 1. The van der Waals surface area contributed by atoms with Gasteiger partial charge in [-0.2, -0.15) is 4.31 Å². The predicted octanol–water partition coefficient (Wildman–Crippen LogP) is 4.90. The number of aryl methyl sites for hydroxylation is 1. The maximum atomic E-state index is 13.9. The average Bonchev–Trinajstić information content (AvgIpc) is 3.40. The molecular formula is C28H30N4O4S2. The van der Waals surface area contributed by atoms with Gasteiger partial charge < -0.3 is 4.74 Å². The van der Waals surface area contributed by atoms with E-state index in [0.29, 0.717) is 30.3 Å². The molecule has 10 heteroatoms. The first kappa shape index (κ1) is 26.3.